The molecule has 0 unspecified atom stereocenters. The van der Waals surface area contributed by atoms with Gasteiger partial charge in [0.15, 0.2) is 11.5 Å². The van der Waals surface area contributed by atoms with Gasteiger partial charge in [-0.3, -0.25) is 0 Å². The molecule has 0 fully saturated rings. The maximum atomic E-state index is 5.91. The number of pyridine rings is 1. The Hall–Kier alpha value is -3.67. The Morgan fingerprint density at radius 3 is 2.65 bits per heavy atom. The summed E-state index contributed by atoms with van der Waals surface area (Å²) >= 11 is 0. The third kappa shape index (κ3) is 2.23. The highest BCUT2D eigenvalue weighted by Crippen LogP contribution is 2.31. The largest absolute Gasteiger partial charge is 0.382 e. The number of aromatic nitrogens is 5. The number of hydrogen-bond donors (Lipinski definition) is 1. The van der Waals surface area contributed by atoms with E-state index in [4.69, 9.17) is 5.73 Å². The Kier molecular flexibility index (Phi) is 3.21. The first kappa shape index (κ1) is 14.7. The lowest BCUT2D eigenvalue weighted by molar-refractivity contribution is 0.814. The monoisotopic (exact) mass is 340 g/mol. The van der Waals surface area contributed by atoms with Crippen LogP contribution in [-0.2, 0) is 6.54 Å². The van der Waals surface area contributed by atoms with Crippen LogP contribution in [0.25, 0.3) is 27.8 Å². The number of fused-ring (bicyclic) bond motifs is 2. The molecule has 4 heterocycles. The van der Waals surface area contributed by atoms with Crippen LogP contribution in [0.1, 0.15) is 5.56 Å². The van der Waals surface area contributed by atoms with Crippen molar-refractivity contribution in [2.24, 2.45) is 0 Å². The van der Waals surface area contributed by atoms with Crippen molar-refractivity contribution in [3.8, 4) is 11.1 Å². The van der Waals surface area contributed by atoms with Gasteiger partial charge >= 0.3 is 0 Å². The molecule has 6 heteroatoms. The predicted octanol–water partition coefficient (Wildman–Crippen LogP) is 3.38. The second-order valence-electron chi connectivity index (χ2n) is 6.19. The molecular weight excluding hydrogens is 324 g/mol. The summed E-state index contributed by atoms with van der Waals surface area (Å²) in [5.41, 5.74) is 12.1. The molecule has 0 atom stereocenters. The summed E-state index contributed by atoms with van der Waals surface area (Å²) in [5, 5.41) is 0. The first-order valence-electron chi connectivity index (χ1n) is 8.36. The van der Waals surface area contributed by atoms with E-state index >= 15 is 0 Å². The average molecular weight is 340 g/mol. The highest BCUT2D eigenvalue weighted by molar-refractivity contribution is 5.85. The zero-order valence-electron chi connectivity index (χ0n) is 13.9. The van der Waals surface area contributed by atoms with Crippen molar-refractivity contribution < 1.29 is 0 Å². The van der Waals surface area contributed by atoms with Crippen molar-refractivity contribution >= 4 is 22.5 Å². The maximum absolute atomic E-state index is 5.91. The van der Waals surface area contributed by atoms with Crippen molar-refractivity contribution in [3.63, 3.8) is 0 Å². The van der Waals surface area contributed by atoms with Gasteiger partial charge < -0.3 is 14.7 Å². The molecule has 6 nitrogen and oxygen atoms in total. The van der Waals surface area contributed by atoms with Gasteiger partial charge in [-0.2, -0.15) is 0 Å². The van der Waals surface area contributed by atoms with Gasteiger partial charge in [-0.25, -0.2) is 15.0 Å². The van der Waals surface area contributed by atoms with Crippen molar-refractivity contribution in [2.75, 3.05) is 5.73 Å². The van der Waals surface area contributed by atoms with E-state index in [-0.39, 0.29) is 0 Å². The van der Waals surface area contributed by atoms with Crippen LogP contribution >= 0.6 is 0 Å². The Balaban J connectivity index is 1.70. The van der Waals surface area contributed by atoms with Gasteiger partial charge in [0, 0.05) is 18.0 Å². The molecule has 0 aliphatic heterocycles. The minimum Gasteiger partial charge on any atom is -0.382 e. The summed E-state index contributed by atoms with van der Waals surface area (Å²) in [7, 11) is 0. The van der Waals surface area contributed by atoms with Crippen LogP contribution in [0, 0.1) is 0 Å². The smallest absolute Gasteiger partial charge is 0.165 e. The van der Waals surface area contributed by atoms with Crippen LogP contribution in [-0.4, -0.2) is 23.9 Å². The van der Waals surface area contributed by atoms with E-state index in [0.29, 0.717) is 17.9 Å². The highest BCUT2D eigenvalue weighted by atomic mass is 15.1. The Labute approximate surface area is 149 Å². The van der Waals surface area contributed by atoms with E-state index in [1.807, 2.05) is 16.7 Å². The normalized spacial score (nSPS) is 11.4. The van der Waals surface area contributed by atoms with Crippen molar-refractivity contribution in [1.82, 2.24) is 23.9 Å². The van der Waals surface area contributed by atoms with Gasteiger partial charge in [-0.15, -0.1) is 0 Å². The minimum atomic E-state index is 0.402. The molecule has 0 saturated heterocycles. The lowest BCUT2D eigenvalue weighted by Crippen LogP contribution is -2.01. The van der Waals surface area contributed by atoms with E-state index in [1.165, 1.54) is 28.5 Å². The van der Waals surface area contributed by atoms with Crippen molar-refractivity contribution in [1.29, 1.82) is 0 Å². The summed E-state index contributed by atoms with van der Waals surface area (Å²) in [6.45, 7) is 0.652. The van der Waals surface area contributed by atoms with Gasteiger partial charge in [0.05, 0.1) is 18.4 Å². The number of imidazole rings is 1. The fraction of sp³-hybridized carbons (Fsp3) is 0.0500. The number of benzene rings is 1. The van der Waals surface area contributed by atoms with Crippen molar-refractivity contribution in [2.45, 2.75) is 6.54 Å². The molecule has 5 rings (SSSR count). The Morgan fingerprint density at radius 2 is 1.77 bits per heavy atom. The quantitative estimate of drug-likeness (QED) is 0.546. The summed E-state index contributed by atoms with van der Waals surface area (Å²) < 4.78 is 4.16. The molecule has 0 radical (unpaired) electrons. The maximum Gasteiger partial charge on any atom is 0.165 e. The van der Waals surface area contributed by atoms with Gasteiger partial charge in [-0.1, -0.05) is 36.4 Å². The lowest BCUT2D eigenvalue weighted by atomic mass is 10.0. The van der Waals surface area contributed by atoms with Gasteiger partial charge in [0.25, 0.3) is 0 Å². The molecule has 0 aliphatic carbocycles. The summed E-state index contributed by atoms with van der Waals surface area (Å²) in [5.74, 6) is 0.402. The molecule has 2 N–H and O–H groups in total. The van der Waals surface area contributed by atoms with E-state index in [2.05, 4.69) is 68.1 Å². The molecular formula is C20H16N6. The topological polar surface area (TPSA) is 74.0 Å². The molecule has 0 saturated carbocycles. The summed E-state index contributed by atoms with van der Waals surface area (Å²) in [6.07, 6.45) is 7.47. The Morgan fingerprint density at radius 1 is 0.923 bits per heavy atom. The Bertz CT molecular complexity index is 1220. The van der Waals surface area contributed by atoms with Gasteiger partial charge in [-0.05, 0) is 23.3 Å². The fourth-order valence-corrected chi connectivity index (χ4v) is 3.43. The number of nitrogens with two attached hydrogens (primary N) is 1. The predicted molar refractivity (Wildman–Crippen MR) is 102 cm³/mol. The van der Waals surface area contributed by atoms with Crippen LogP contribution in [0.3, 0.4) is 0 Å². The summed E-state index contributed by atoms with van der Waals surface area (Å²) in [4.78, 5) is 12.7. The first-order valence-corrected chi connectivity index (χ1v) is 8.36. The standard InChI is InChI=1S/C20H16N6/c21-19-18-20(23-12-22-19)26(13-24-18)11-15-10-25-9-5-4-8-16(25)17(15)14-6-2-1-3-7-14/h1-10,12-13H,11H2,(H2,21,22,23). The van der Waals surface area contributed by atoms with Crippen LogP contribution in [0.5, 0.6) is 0 Å². The molecule has 0 amide bonds. The van der Waals surface area contributed by atoms with E-state index in [0.717, 1.165) is 5.65 Å². The zero-order valence-corrected chi connectivity index (χ0v) is 13.9. The van der Waals surface area contributed by atoms with Crippen LogP contribution < -0.4 is 5.73 Å². The molecule has 26 heavy (non-hydrogen) atoms. The molecule has 0 aliphatic rings. The number of anilines is 1. The number of nitrogen functional groups attached to an aromatic ring is 1. The SMILES string of the molecule is Nc1ncnc2c1ncn2Cc1cn2ccccc2c1-c1ccccc1. The second-order valence-corrected chi connectivity index (χ2v) is 6.19. The third-order valence-electron chi connectivity index (χ3n) is 4.59. The van der Waals surface area contributed by atoms with E-state index < -0.39 is 0 Å². The molecule has 4 aromatic heterocycles. The number of hydrogen-bond acceptors (Lipinski definition) is 4. The molecule has 0 spiro atoms. The minimum absolute atomic E-state index is 0.402. The number of nitrogens with zero attached hydrogens (tertiary/aromatic N) is 5. The third-order valence-corrected chi connectivity index (χ3v) is 4.59. The van der Waals surface area contributed by atoms with Crippen molar-refractivity contribution in [3.05, 3.63) is 79.1 Å². The summed E-state index contributed by atoms with van der Waals surface area (Å²) in [6, 6.07) is 16.7. The van der Waals surface area contributed by atoms with E-state index in [1.54, 1.807) is 6.33 Å². The van der Waals surface area contributed by atoms with Gasteiger partial charge in [0.1, 0.15) is 11.8 Å². The second kappa shape index (κ2) is 5.70. The molecule has 126 valence electrons. The molecule has 5 aromatic rings. The van der Waals surface area contributed by atoms with Gasteiger partial charge in [0.2, 0.25) is 0 Å². The molecule has 1 aromatic carbocycles. The average Bonchev–Trinajstić information content (AvgIpc) is 3.25. The van der Waals surface area contributed by atoms with Crippen LogP contribution in [0.2, 0.25) is 0 Å². The zero-order chi connectivity index (χ0) is 17.5. The van der Waals surface area contributed by atoms with E-state index in [9.17, 15) is 0 Å². The number of rotatable bonds is 3. The highest BCUT2D eigenvalue weighted by Gasteiger charge is 2.15. The van der Waals surface area contributed by atoms with Crippen LogP contribution in [0.4, 0.5) is 5.82 Å². The fourth-order valence-electron chi connectivity index (χ4n) is 3.43. The first-order chi connectivity index (χ1) is 12.8. The molecule has 0 bridgehead atoms. The van der Waals surface area contributed by atoms with Crippen LogP contribution in [0.15, 0.2) is 73.6 Å². The lowest BCUT2D eigenvalue weighted by Gasteiger charge is -2.07.